The molecule has 1 aliphatic rings. The number of benzene rings is 2. The molecule has 2 N–H and O–H groups in total. The fourth-order valence-corrected chi connectivity index (χ4v) is 3.13. The Morgan fingerprint density at radius 3 is 2.57 bits per heavy atom. The first-order chi connectivity index (χ1) is 11.1. The summed E-state index contributed by atoms with van der Waals surface area (Å²) in [5.41, 5.74) is 2.05. The van der Waals surface area contributed by atoms with Crippen molar-refractivity contribution in [3.8, 4) is 0 Å². The predicted molar refractivity (Wildman–Crippen MR) is 89.5 cm³/mol. The number of amides is 3. The maximum Gasteiger partial charge on any atom is 0.261 e. The summed E-state index contributed by atoms with van der Waals surface area (Å²) in [7, 11) is 0. The highest BCUT2D eigenvalue weighted by atomic mass is 32.2. The zero-order valence-electron chi connectivity index (χ0n) is 12.2. The molecule has 0 radical (unpaired) electrons. The van der Waals surface area contributed by atoms with E-state index in [1.54, 1.807) is 18.2 Å². The van der Waals surface area contributed by atoms with Crippen molar-refractivity contribution in [2.24, 2.45) is 0 Å². The summed E-state index contributed by atoms with van der Waals surface area (Å²) < 4.78 is 0. The van der Waals surface area contributed by atoms with Gasteiger partial charge in [-0.05, 0) is 17.7 Å². The molecule has 1 heterocycles. The molecule has 0 bridgehead atoms. The van der Waals surface area contributed by atoms with Crippen molar-refractivity contribution < 1.29 is 14.4 Å². The summed E-state index contributed by atoms with van der Waals surface area (Å²) in [6.07, 6.45) is 0. The summed E-state index contributed by atoms with van der Waals surface area (Å²) in [6, 6.07) is 14.7. The number of rotatable bonds is 5. The zero-order chi connectivity index (χ0) is 16.2. The molecule has 1 aliphatic heterocycles. The topological polar surface area (TPSA) is 75.3 Å². The van der Waals surface area contributed by atoms with E-state index in [-0.39, 0.29) is 17.2 Å². The van der Waals surface area contributed by atoms with Crippen molar-refractivity contribution in [1.82, 2.24) is 5.32 Å². The van der Waals surface area contributed by atoms with Gasteiger partial charge in [-0.2, -0.15) is 0 Å². The van der Waals surface area contributed by atoms with Gasteiger partial charge in [0, 0.05) is 5.75 Å². The Morgan fingerprint density at radius 2 is 1.78 bits per heavy atom. The van der Waals surface area contributed by atoms with Gasteiger partial charge in [0.1, 0.15) is 0 Å². The summed E-state index contributed by atoms with van der Waals surface area (Å²) in [5, 5.41) is 4.93. The lowest BCUT2D eigenvalue weighted by Gasteiger charge is -2.08. The highest BCUT2D eigenvalue weighted by molar-refractivity contribution is 7.99. The molecule has 0 saturated carbocycles. The van der Waals surface area contributed by atoms with Crippen molar-refractivity contribution >= 4 is 35.2 Å². The maximum atomic E-state index is 12.0. The van der Waals surface area contributed by atoms with Gasteiger partial charge in [0.05, 0.1) is 22.6 Å². The number of carbonyl (C=O) groups is 3. The van der Waals surface area contributed by atoms with Gasteiger partial charge < -0.3 is 5.32 Å². The lowest BCUT2D eigenvalue weighted by molar-refractivity contribution is -0.113. The third kappa shape index (κ3) is 3.43. The molecule has 0 unspecified atom stereocenters. The average Bonchev–Trinajstić information content (AvgIpc) is 2.84. The number of anilines is 1. The molecule has 23 heavy (non-hydrogen) atoms. The summed E-state index contributed by atoms with van der Waals surface area (Å²) in [4.78, 5) is 35.4. The monoisotopic (exact) mass is 326 g/mol. The number of nitrogens with one attached hydrogen (secondary N) is 2. The van der Waals surface area contributed by atoms with E-state index >= 15 is 0 Å². The second-order valence-corrected chi connectivity index (χ2v) is 6.02. The Hall–Kier alpha value is -2.60. The first-order valence-corrected chi connectivity index (χ1v) is 8.21. The minimum atomic E-state index is -0.474. The van der Waals surface area contributed by atoms with Gasteiger partial charge in [-0.1, -0.05) is 36.4 Å². The Balaban J connectivity index is 1.61. The fourth-order valence-electron chi connectivity index (χ4n) is 2.35. The number of imide groups is 1. The summed E-state index contributed by atoms with van der Waals surface area (Å²) >= 11 is 1.49. The quantitative estimate of drug-likeness (QED) is 0.828. The molecule has 0 aliphatic carbocycles. The van der Waals surface area contributed by atoms with Crippen molar-refractivity contribution in [3.05, 3.63) is 65.2 Å². The van der Waals surface area contributed by atoms with Gasteiger partial charge in [-0.25, -0.2) is 0 Å². The molecular weight excluding hydrogens is 312 g/mol. The van der Waals surface area contributed by atoms with Crippen LogP contribution in [0.2, 0.25) is 0 Å². The van der Waals surface area contributed by atoms with E-state index in [4.69, 9.17) is 0 Å². The first kappa shape index (κ1) is 15.3. The first-order valence-electron chi connectivity index (χ1n) is 7.05. The smallest absolute Gasteiger partial charge is 0.261 e. The Kier molecular flexibility index (Phi) is 4.43. The van der Waals surface area contributed by atoms with E-state index in [2.05, 4.69) is 10.6 Å². The van der Waals surface area contributed by atoms with Crippen LogP contribution < -0.4 is 10.6 Å². The second-order valence-electron chi connectivity index (χ2n) is 5.04. The largest absolute Gasteiger partial charge is 0.325 e. The minimum absolute atomic E-state index is 0.202. The molecule has 3 rings (SSSR count). The molecule has 116 valence electrons. The van der Waals surface area contributed by atoms with Gasteiger partial charge in [0.15, 0.2) is 0 Å². The zero-order valence-corrected chi connectivity index (χ0v) is 13.0. The number of hydrogen-bond donors (Lipinski definition) is 2. The number of thioether (sulfide) groups is 1. The second kappa shape index (κ2) is 6.66. The van der Waals surface area contributed by atoms with Crippen molar-refractivity contribution in [3.63, 3.8) is 0 Å². The maximum absolute atomic E-state index is 12.0. The highest BCUT2D eigenvalue weighted by Gasteiger charge is 2.29. The Labute approximate surface area is 137 Å². The van der Waals surface area contributed by atoms with Gasteiger partial charge >= 0.3 is 0 Å². The highest BCUT2D eigenvalue weighted by Crippen LogP contribution is 2.24. The van der Waals surface area contributed by atoms with Crippen LogP contribution in [0.15, 0.2) is 48.5 Å². The lowest BCUT2D eigenvalue weighted by Crippen LogP contribution is -2.21. The molecule has 0 spiro atoms. The van der Waals surface area contributed by atoms with Crippen LogP contribution in [0.4, 0.5) is 5.69 Å². The Bertz CT molecular complexity index is 775. The predicted octanol–water partition coefficient (Wildman–Crippen LogP) is 2.44. The van der Waals surface area contributed by atoms with Crippen LogP contribution in [0.3, 0.4) is 0 Å². The van der Waals surface area contributed by atoms with E-state index in [0.29, 0.717) is 11.3 Å². The van der Waals surface area contributed by atoms with E-state index in [9.17, 15) is 14.4 Å². The third-order valence-corrected chi connectivity index (χ3v) is 4.39. The van der Waals surface area contributed by atoms with E-state index in [1.807, 2.05) is 30.3 Å². The van der Waals surface area contributed by atoms with E-state index in [1.165, 1.54) is 11.8 Å². The van der Waals surface area contributed by atoms with E-state index < -0.39 is 11.8 Å². The molecule has 6 heteroatoms. The number of carbonyl (C=O) groups excluding carboxylic acids is 3. The van der Waals surface area contributed by atoms with Crippen LogP contribution in [0.5, 0.6) is 0 Å². The van der Waals surface area contributed by atoms with Crippen LogP contribution in [-0.4, -0.2) is 23.5 Å². The van der Waals surface area contributed by atoms with Crippen molar-refractivity contribution in [1.29, 1.82) is 0 Å². The van der Waals surface area contributed by atoms with Crippen LogP contribution in [0.25, 0.3) is 0 Å². The minimum Gasteiger partial charge on any atom is -0.325 e. The normalized spacial score (nSPS) is 12.7. The summed E-state index contributed by atoms with van der Waals surface area (Å²) in [6.45, 7) is 0. The van der Waals surface area contributed by atoms with Crippen LogP contribution >= 0.6 is 11.8 Å². The molecular formula is C17H14N2O3S. The van der Waals surface area contributed by atoms with E-state index in [0.717, 1.165) is 11.3 Å². The number of fused-ring (bicyclic) bond motifs is 1. The molecule has 2 aromatic carbocycles. The molecule has 5 nitrogen and oxygen atoms in total. The molecule has 0 aromatic heterocycles. The molecule has 0 fully saturated rings. The SMILES string of the molecule is O=C(CSCc1ccccc1)Nc1cccc2c1C(=O)NC2=O. The summed E-state index contributed by atoms with van der Waals surface area (Å²) in [5.74, 6) is -0.0993. The molecule has 0 saturated heterocycles. The average molecular weight is 326 g/mol. The standard InChI is InChI=1S/C17H14N2O3S/c20-14(10-23-9-11-5-2-1-3-6-11)18-13-8-4-7-12-15(13)17(22)19-16(12)21/h1-8H,9-10H2,(H,18,20)(H,19,21,22). The fraction of sp³-hybridized carbons (Fsp3) is 0.118. The molecule has 3 amide bonds. The van der Waals surface area contributed by atoms with Gasteiger partial charge in [-0.15, -0.1) is 11.8 Å². The van der Waals surface area contributed by atoms with Gasteiger partial charge in [-0.3, -0.25) is 19.7 Å². The lowest BCUT2D eigenvalue weighted by atomic mass is 10.1. The van der Waals surface area contributed by atoms with Gasteiger partial charge in [0.2, 0.25) is 5.91 Å². The van der Waals surface area contributed by atoms with Crippen LogP contribution in [0.1, 0.15) is 26.3 Å². The Morgan fingerprint density at radius 1 is 1.00 bits per heavy atom. The molecule has 2 aromatic rings. The van der Waals surface area contributed by atoms with Gasteiger partial charge in [0.25, 0.3) is 11.8 Å². The number of hydrogen-bond acceptors (Lipinski definition) is 4. The van der Waals surface area contributed by atoms with Crippen molar-refractivity contribution in [2.45, 2.75) is 5.75 Å². The molecule has 0 atom stereocenters. The van der Waals surface area contributed by atoms with Crippen molar-refractivity contribution in [2.75, 3.05) is 11.1 Å². The van der Waals surface area contributed by atoms with Crippen LogP contribution in [-0.2, 0) is 10.5 Å². The van der Waals surface area contributed by atoms with Crippen LogP contribution in [0, 0.1) is 0 Å². The third-order valence-electron chi connectivity index (χ3n) is 3.38.